The van der Waals surface area contributed by atoms with Crippen LogP contribution in [0.1, 0.15) is 39.5 Å². The van der Waals surface area contributed by atoms with Crippen LogP contribution in [0.5, 0.6) is 0 Å². The number of allylic oxidation sites excluding steroid dienone is 2. The first-order valence-electron chi connectivity index (χ1n) is 6.33. The maximum atomic E-state index is 11.4. The average molecular weight is 234 g/mol. The Kier molecular flexibility index (Phi) is 2.24. The van der Waals surface area contributed by atoms with Crippen LogP contribution >= 0.6 is 0 Å². The van der Waals surface area contributed by atoms with Crippen LogP contribution in [0.25, 0.3) is 0 Å². The SMILES string of the molecule is CC1=C(C)[C@H]2CCC3=CC(=O)O[C@]3(O)[C@@H](C1)C2. The van der Waals surface area contributed by atoms with Gasteiger partial charge in [0.1, 0.15) is 0 Å². The summed E-state index contributed by atoms with van der Waals surface area (Å²) in [6.45, 7) is 4.32. The maximum absolute atomic E-state index is 11.4. The average Bonchev–Trinajstić information content (AvgIpc) is 2.51. The molecule has 0 aromatic carbocycles. The number of hydrogen-bond acceptors (Lipinski definition) is 3. The Morgan fingerprint density at radius 1 is 1.47 bits per heavy atom. The molecule has 0 spiro atoms. The highest BCUT2D eigenvalue weighted by Gasteiger charge is 2.51. The van der Waals surface area contributed by atoms with Crippen LogP contribution in [0.3, 0.4) is 0 Å². The van der Waals surface area contributed by atoms with Gasteiger partial charge in [-0.15, -0.1) is 0 Å². The third-order valence-corrected chi connectivity index (χ3v) is 4.73. The summed E-state index contributed by atoms with van der Waals surface area (Å²) in [5.74, 6) is -1.11. The smallest absolute Gasteiger partial charge is 0.333 e. The van der Waals surface area contributed by atoms with Crippen molar-refractivity contribution in [3.8, 4) is 0 Å². The lowest BCUT2D eigenvalue weighted by atomic mass is 9.75. The molecule has 2 aliphatic carbocycles. The predicted octanol–water partition coefficient (Wildman–Crippen LogP) is 2.31. The van der Waals surface area contributed by atoms with Crippen molar-refractivity contribution in [1.29, 1.82) is 0 Å². The van der Waals surface area contributed by atoms with Gasteiger partial charge in [-0.1, -0.05) is 11.1 Å². The normalized spacial score (nSPS) is 40.6. The Hall–Kier alpha value is -1.09. The van der Waals surface area contributed by atoms with Crippen molar-refractivity contribution in [2.45, 2.75) is 45.3 Å². The van der Waals surface area contributed by atoms with Crippen LogP contribution in [0.4, 0.5) is 0 Å². The third kappa shape index (κ3) is 1.48. The molecule has 3 atom stereocenters. The zero-order chi connectivity index (χ0) is 12.2. The van der Waals surface area contributed by atoms with E-state index >= 15 is 0 Å². The van der Waals surface area contributed by atoms with Gasteiger partial charge in [-0.25, -0.2) is 4.79 Å². The molecule has 3 aliphatic rings. The van der Waals surface area contributed by atoms with Crippen molar-refractivity contribution in [2.24, 2.45) is 11.8 Å². The summed E-state index contributed by atoms with van der Waals surface area (Å²) in [6, 6.07) is 0. The number of carbonyl (C=O) groups excluding carboxylic acids is 1. The van der Waals surface area contributed by atoms with Gasteiger partial charge < -0.3 is 9.84 Å². The molecule has 17 heavy (non-hydrogen) atoms. The van der Waals surface area contributed by atoms with Gasteiger partial charge in [-0.2, -0.15) is 0 Å². The summed E-state index contributed by atoms with van der Waals surface area (Å²) >= 11 is 0. The van der Waals surface area contributed by atoms with E-state index in [1.54, 1.807) is 0 Å². The lowest BCUT2D eigenvalue weighted by Gasteiger charge is -2.36. The summed E-state index contributed by atoms with van der Waals surface area (Å²) < 4.78 is 5.20. The van der Waals surface area contributed by atoms with E-state index in [9.17, 15) is 9.90 Å². The second kappa shape index (κ2) is 3.45. The van der Waals surface area contributed by atoms with E-state index in [1.807, 2.05) is 0 Å². The number of hydrogen-bond donors (Lipinski definition) is 1. The number of carbonyl (C=O) groups is 1. The molecule has 0 aromatic heterocycles. The number of rotatable bonds is 0. The van der Waals surface area contributed by atoms with E-state index < -0.39 is 5.79 Å². The zero-order valence-corrected chi connectivity index (χ0v) is 10.3. The summed E-state index contributed by atoms with van der Waals surface area (Å²) in [6.07, 6.45) is 5.05. The van der Waals surface area contributed by atoms with E-state index in [2.05, 4.69) is 13.8 Å². The Labute approximate surface area is 101 Å². The quantitative estimate of drug-likeness (QED) is 0.517. The molecule has 0 saturated heterocycles. The standard InChI is InChI=1S/C14H18O3/c1-8-5-12-6-10(9(8)2)3-4-11-7-13(15)17-14(11,12)16/h7,10,12,16H,3-6H2,1-2H3/t10-,12-,14-/m0/s1. The molecule has 3 nitrogen and oxygen atoms in total. The minimum absolute atomic E-state index is 0.0383. The van der Waals surface area contributed by atoms with Crippen molar-refractivity contribution >= 4 is 5.97 Å². The third-order valence-electron chi connectivity index (χ3n) is 4.73. The summed E-state index contributed by atoms with van der Waals surface area (Å²) in [7, 11) is 0. The van der Waals surface area contributed by atoms with Crippen molar-refractivity contribution < 1.29 is 14.6 Å². The van der Waals surface area contributed by atoms with E-state index in [1.165, 1.54) is 17.2 Å². The number of ether oxygens (including phenoxy) is 1. The topological polar surface area (TPSA) is 46.5 Å². The van der Waals surface area contributed by atoms with E-state index in [0.29, 0.717) is 5.92 Å². The van der Waals surface area contributed by atoms with Gasteiger partial charge in [0.2, 0.25) is 5.79 Å². The second-order valence-corrected chi connectivity index (χ2v) is 5.62. The van der Waals surface area contributed by atoms with Gasteiger partial charge in [0, 0.05) is 17.6 Å². The molecule has 1 heterocycles. The molecule has 2 bridgehead atoms. The van der Waals surface area contributed by atoms with Gasteiger partial charge in [-0.3, -0.25) is 0 Å². The minimum Gasteiger partial charge on any atom is -0.426 e. The van der Waals surface area contributed by atoms with E-state index in [4.69, 9.17) is 4.74 Å². The first-order valence-corrected chi connectivity index (χ1v) is 6.33. The largest absolute Gasteiger partial charge is 0.426 e. The Balaban J connectivity index is 2.02. The van der Waals surface area contributed by atoms with Gasteiger partial charge >= 0.3 is 5.97 Å². The van der Waals surface area contributed by atoms with E-state index in [-0.39, 0.29) is 11.9 Å². The molecule has 0 amide bonds. The van der Waals surface area contributed by atoms with Crippen molar-refractivity contribution in [3.63, 3.8) is 0 Å². The lowest BCUT2D eigenvalue weighted by Crippen LogP contribution is -2.41. The molecular weight excluding hydrogens is 216 g/mol. The maximum Gasteiger partial charge on any atom is 0.333 e. The Morgan fingerprint density at radius 3 is 3.00 bits per heavy atom. The van der Waals surface area contributed by atoms with Gasteiger partial charge in [-0.05, 0) is 45.4 Å². The molecule has 1 N–H and O–H groups in total. The highest BCUT2D eigenvalue weighted by molar-refractivity contribution is 5.86. The molecule has 1 saturated carbocycles. The van der Waals surface area contributed by atoms with Crippen LogP contribution in [0.15, 0.2) is 22.8 Å². The molecule has 3 heteroatoms. The first kappa shape index (κ1) is 11.0. The van der Waals surface area contributed by atoms with Crippen LogP contribution in [-0.4, -0.2) is 16.9 Å². The second-order valence-electron chi connectivity index (χ2n) is 5.62. The van der Waals surface area contributed by atoms with Gasteiger partial charge in [0.15, 0.2) is 0 Å². The number of esters is 1. The first-order chi connectivity index (χ1) is 8.00. The molecule has 0 radical (unpaired) electrons. The molecule has 92 valence electrons. The monoisotopic (exact) mass is 234 g/mol. The molecule has 0 aromatic rings. The summed E-state index contributed by atoms with van der Waals surface area (Å²) in [5, 5.41) is 10.6. The molecular formula is C14H18O3. The predicted molar refractivity (Wildman–Crippen MR) is 62.9 cm³/mol. The van der Waals surface area contributed by atoms with Crippen molar-refractivity contribution in [2.75, 3.05) is 0 Å². The lowest BCUT2D eigenvalue weighted by molar-refractivity contribution is -0.201. The van der Waals surface area contributed by atoms with Crippen molar-refractivity contribution in [3.05, 3.63) is 22.8 Å². The van der Waals surface area contributed by atoms with Crippen LogP contribution in [-0.2, 0) is 9.53 Å². The molecule has 3 rings (SSSR count). The molecule has 0 unspecified atom stereocenters. The Morgan fingerprint density at radius 2 is 2.24 bits per heavy atom. The zero-order valence-electron chi connectivity index (χ0n) is 10.3. The highest BCUT2D eigenvalue weighted by atomic mass is 16.7. The van der Waals surface area contributed by atoms with Gasteiger partial charge in [0.05, 0.1) is 0 Å². The molecule has 1 fully saturated rings. The minimum atomic E-state index is -1.31. The Bertz CT molecular complexity index is 446. The summed E-state index contributed by atoms with van der Waals surface area (Å²) in [5.41, 5.74) is 3.61. The summed E-state index contributed by atoms with van der Waals surface area (Å²) in [4.78, 5) is 11.4. The molecule has 1 aliphatic heterocycles. The van der Waals surface area contributed by atoms with Crippen LogP contribution < -0.4 is 0 Å². The van der Waals surface area contributed by atoms with Crippen molar-refractivity contribution in [1.82, 2.24) is 0 Å². The fourth-order valence-corrected chi connectivity index (χ4v) is 3.54. The van der Waals surface area contributed by atoms with Crippen LogP contribution in [0.2, 0.25) is 0 Å². The number of fused-ring (bicyclic) bond motifs is 4. The fraction of sp³-hybridized carbons (Fsp3) is 0.643. The fourth-order valence-electron chi connectivity index (χ4n) is 3.54. The van der Waals surface area contributed by atoms with Gasteiger partial charge in [0.25, 0.3) is 0 Å². The van der Waals surface area contributed by atoms with E-state index in [0.717, 1.165) is 31.3 Å². The number of aliphatic hydroxyl groups is 1. The highest BCUT2D eigenvalue weighted by Crippen LogP contribution is 2.50. The van der Waals surface area contributed by atoms with Crippen LogP contribution in [0, 0.1) is 11.8 Å².